The van der Waals surface area contributed by atoms with Gasteiger partial charge in [-0.1, -0.05) is 11.8 Å². The lowest BCUT2D eigenvalue weighted by molar-refractivity contribution is 0.174. The minimum absolute atomic E-state index is 0.133. The van der Waals surface area contributed by atoms with Crippen LogP contribution in [0.5, 0.6) is 11.5 Å². The molecule has 1 aliphatic heterocycles. The smallest absolute Gasteiger partial charge is 0.267 e. The zero-order valence-electron chi connectivity index (χ0n) is 13.5. The number of thioether (sulfide) groups is 1. The maximum atomic E-state index is 13.2. The molecule has 0 radical (unpaired) electrons. The number of fused-ring (bicyclic) bond motifs is 2. The van der Waals surface area contributed by atoms with Gasteiger partial charge in [-0.2, -0.15) is 5.26 Å². The Labute approximate surface area is 151 Å². The molecule has 3 heterocycles. The van der Waals surface area contributed by atoms with Gasteiger partial charge in [-0.25, -0.2) is 4.98 Å². The van der Waals surface area contributed by atoms with E-state index in [1.54, 1.807) is 22.8 Å². The summed E-state index contributed by atoms with van der Waals surface area (Å²) in [6.07, 6.45) is 0. The third-order valence-corrected chi connectivity index (χ3v) is 5.96. The molecule has 2 aromatic heterocycles. The normalized spacial score (nSPS) is 12.5. The molecule has 8 heteroatoms. The second kappa shape index (κ2) is 6.10. The summed E-state index contributed by atoms with van der Waals surface area (Å²) < 4.78 is 12.3. The topological polar surface area (TPSA) is 77.1 Å². The monoisotopic (exact) mass is 371 g/mol. The van der Waals surface area contributed by atoms with Crippen LogP contribution in [0.2, 0.25) is 0 Å². The largest absolute Gasteiger partial charge is 0.454 e. The zero-order chi connectivity index (χ0) is 17.6. The Bertz CT molecular complexity index is 1100. The Balaban J connectivity index is 2.00. The quantitative estimate of drug-likeness (QED) is 0.519. The van der Waals surface area contributed by atoms with Crippen LogP contribution in [-0.2, 0) is 0 Å². The fourth-order valence-corrected chi connectivity index (χ4v) is 4.47. The van der Waals surface area contributed by atoms with Crippen molar-refractivity contribution in [3.63, 3.8) is 0 Å². The van der Waals surface area contributed by atoms with Gasteiger partial charge in [-0.3, -0.25) is 9.36 Å². The molecule has 0 fully saturated rings. The maximum Gasteiger partial charge on any atom is 0.267 e. The summed E-state index contributed by atoms with van der Waals surface area (Å²) >= 11 is 2.74. The van der Waals surface area contributed by atoms with Gasteiger partial charge in [0.15, 0.2) is 16.7 Å². The number of benzene rings is 1. The van der Waals surface area contributed by atoms with Crippen LogP contribution in [0, 0.1) is 25.2 Å². The van der Waals surface area contributed by atoms with E-state index in [2.05, 4.69) is 11.1 Å². The van der Waals surface area contributed by atoms with Crippen molar-refractivity contribution >= 4 is 33.3 Å². The number of hydrogen-bond acceptors (Lipinski definition) is 7. The van der Waals surface area contributed by atoms with E-state index in [1.807, 2.05) is 13.8 Å². The van der Waals surface area contributed by atoms with Gasteiger partial charge in [0.2, 0.25) is 6.79 Å². The van der Waals surface area contributed by atoms with Gasteiger partial charge in [0, 0.05) is 10.9 Å². The second-order valence-corrected chi connectivity index (χ2v) is 7.63. The Morgan fingerprint density at radius 1 is 1.36 bits per heavy atom. The van der Waals surface area contributed by atoms with Gasteiger partial charge in [-0.05, 0) is 31.5 Å². The Hall–Kier alpha value is -2.50. The van der Waals surface area contributed by atoms with Crippen molar-refractivity contribution in [3.05, 3.63) is 39.0 Å². The molecule has 126 valence electrons. The van der Waals surface area contributed by atoms with Crippen molar-refractivity contribution in [2.24, 2.45) is 0 Å². The minimum Gasteiger partial charge on any atom is -0.454 e. The first-order chi connectivity index (χ1) is 12.1. The van der Waals surface area contributed by atoms with E-state index in [9.17, 15) is 4.79 Å². The molecule has 0 spiro atoms. The van der Waals surface area contributed by atoms with Gasteiger partial charge < -0.3 is 9.47 Å². The van der Waals surface area contributed by atoms with Crippen LogP contribution in [0.3, 0.4) is 0 Å². The summed E-state index contributed by atoms with van der Waals surface area (Å²) in [5.74, 6) is 1.46. The lowest BCUT2D eigenvalue weighted by Gasteiger charge is -2.12. The van der Waals surface area contributed by atoms with Crippen LogP contribution in [0.15, 0.2) is 28.2 Å². The van der Waals surface area contributed by atoms with Crippen molar-refractivity contribution in [2.75, 3.05) is 12.5 Å². The van der Waals surface area contributed by atoms with Crippen molar-refractivity contribution in [3.8, 4) is 23.3 Å². The number of ether oxygens (including phenoxy) is 2. The molecule has 1 aliphatic rings. The van der Waals surface area contributed by atoms with Gasteiger partial charge in [0.05, 0.1) is 22.9 Å². The van der Waals surface area contributed by atoms with E-state index < -0.39 is 0 Å². The van der Waals surface area contributed by atoms with Crippen LogP contribution < -0.4 is 15.0 Å². The summed E-state index contributed by atoms with van der Waals surface area (Å²) in [6, 6.07) is 7.43. The average molecular weight is 371 g/mol. The molecule has 3 aromatic rings. The Morgan fingerprint density at radius 3 is 2.96 bits per heavy atom. The van der Waals surface area contributed by atoms with Crippen molar-refractivity contribution < 1.29 is 9.47 Å². The molecule has 4 rings (SSSR count). The van der Waals surface area contributed by atoms with Gasteiger partial charge in [-0.15, -0.1) is 11.3 Å². The fourth-order valence-electron chi connectivity index (χ4n) is 2.72. The molecule has 0 aliphatic carbocycles. The first-order valence-electron chi connectivity index (χ1n) is 7.52. The van der Waals surface area contributed by atoms with E-state index in [0.717, 1.165) is 10.4 Å². The molecule has 25 heavy (non-hydrogen) atoms. The van der Waals surface area contributed by atoms with Gasteiger partial charge in [0.25, 0.3) is 5.56 Å². The Kier molecular flexibility index (Phi) is 3.90. The second-order valence-electron chi connectivity index (χ2n) is 5.48. The highest BCUT2D eigenvalue weighted by molar-refractivity contribution is 7.99. The van der Waals surface area contributed by atoms with Crippen LogP contribution in [0.4, 0.5) is 0 Å². The number of nitrogens with zero attached hydrogens (tertiary/aromatic N) is 3. The van der Waals surface area contributed by atoms with Crippen molar-refractivity contribution in [1.29, 1.82) is 5.26 Å². The number of aromatic nitrogens is 2. The molecule has 0 atom stereocenters. The zero-order valence-corrected chi connectivity index (χ0v) is 15.2. The van der Waals surface area contributed by atoms with E-state index >= 15 is 0 Å². The third kappa shape index (κ3) is 2.56. The first-order valence-corrected chi connectivity index (χ1v) is 9.33. The first kappa shape index (κ1) is 16.0. The summed E-state index contributed by atoms with van der Waals surface area (Å²) in [6.45, 7) is 4.08. The van der Waals surface area contributed by atoms with E-state index in [4.69, 9.17) is 14.7 Å². The molecule has 0 bridgehead atoms. The molecule has 0 N–H and O–H groups in total. The number of aryl methyl sites for hydroxylation is 2. The molecule has 0 unspecified atom stereocenters. The third-order valence-electron chi connectivity index (χ3n) is 4.05. The van der Waals surface area contributed by atoms with Crippen LogP contribution in [0.1, 0.15) is 10.4 Å². The van der Waals surface area contributed by atoms with E-state index in [0.29, 0.717) is 32.6 Å². The highest BCUT2D eigenvalue weighted by Gasteiger charge is 2.20. The molecule has 6 nitrogen and oxygen atoms in total. The number of nitriles is 1. The molecule has 0 saturated carbocycles. The van der Waals surface area contributed by atoms with Crippen molar-refractivity contribution in [1.82, 2.24) is 9.55 Å². The summed E-state index contributed by atoms with van der Waals surface area (Å²) in [7, 11) is 0. The lowest BCUT2D eigenvalue weighted by atomic mass is 10.2. The van der Waals surface area contributed by atoms with E-state index in [-0.39, 0.29) is 18.1 Å². The lowest BCUT2D eigenvalue weighted by Crippen LogP contribution is -2.21. The summed E-state index contributed by atoms with van der Waals surface area (Å²) in [5, 5.41) is 10.1. The van der Waals surface area contributed by atoms with E-state index in [1.165, 1.54) is 23.1 Å². The average Bonchev–Trinajstić information content (AvgIpc) is 3.17. The molecule has 0 saturated heterocycles. The number of hydrogen-bond donors (Lipinski definition) is 0. The van der Waals surface area contributed by atoms with Crippen LogP contribution in [0.25, 0.3) is 15.9 Å². The minimum atomic E-state index is -0.133. The van der Waals surface area contributed by atoms with Crippen LogP contribution in [-0.4, -0.2) is 22.1 Å². The fraction of sp³-hybridized carbons (Fsp3) is 0.235. The predicted octanol–water partition coefficient (Wildman–Crippen LogP) is 3.41. The standard InChI is InChI=1S/C17H13N3O3S2/c1-9-10(2)25-15-14(9)16(21)20(17(19-15)24-6-5-18)11-3-4-12-13(7-11)23-8-22-12/h3-4,7H,6,8H2,1-2H3. The van der Waals surface area contributed by atoms with Crippen LogP contribution >= 0.6 is 23.1 Å². The highest BCUT2D eigenvalue weighted by atomic mass is 32.2. The number of thiophene rings is 1. The molecule has 1 aromatic carbocycles. The maximum absolute atomic E-state index is 13.2. The predicted molar refractivity (Wildman–Crippen MR) is 97.2 cm³/mol. The molecule has 0 amide bonds. The Morgan fingerprint density at radius 2 is 2.16 bits per heavy atom. The summed E-state index contributed by atoms with van der Waals surface area (Å²) in [4.78, 5) is 19.6. The molecular weight excluding hydrogens is 358 g/mol. The van der Waals surface area contributed by atoms with Gasteiger partial charge in [0.1, 0.15) is 4.83 Å². The highest BCUT2D eigenvalue weighted by Crippen LogP contribution is 2.35. The number of rotatable bonds is 3. The SMILES string of the molecule is Cc1sc2nc(SCC#N)n(-c3ccc4c(c3)OCO4)c(=O)c2c1C. The summed E-state index contributed by atoms with van der Waals surface area (Å²) in [5.41, 5.74) is 1.46. The van der Waals surface area contributed by atoms with Crippen molar-refractivity contribution in [2.45, 2.75) is 19.0 Å². The molecular formula is C17H13N3O3S2. The van der Waals surface area contributed by atoms with Gasteiger partial charge >= 0.3 is 0 Å².